The number of halogens is 2. The lowest BCUT2D eigenvalue weighted by atomic mass is 10.2. The second-order valence-electron chi connectivity index (χ2n) is 5.26. The number of carbonyl (C=O) groups excluding carboxylic acids is 2. The van der Waals surface area contributed by atoms with Gasteiger partial charge >= 0.3 is 6.61 Å². The van der Waals surface area contributed by atoms with Crippen LogP contribution in [0.3, 0.4) is 0 Å². The van der Waals surface area contributed by atoms with E-state index in [1.807, 2.05) is 0 Å². The molecule has 0 fully saturated rings. The Morgan fingerprint density at radius 1 is 1.27 bits per heavy atom. The summed E-state index contributed by atoms with van der Waals surface area (Å²) in [6.45, 7) is -2.96. The van der Waals surface area contributed by atoms with Crippen molar-refractivity contribution in [2.24, 2.45) is 0 Å². The molecule has 2 amide bonds. The highest BCUT2D eigenvalue weighted by molar-refractivity contribution is 5.97. The summed E-state index contributed by atoms with van der Waals surface area (Å²) in [6, 6.07) is 7.20. The molecular weight excluding hydrogens is 350 g/mol. The molecule has 26 heavy (non-hydrogen) atoms. The van der Waals surface area contributed by atoms with E-state index in [1.165, 1.54) is 36.5 Å². The van der Waals surface area contributed by atoms with Crippen molar-refractivity contribution in [2.45, 2.75) is 13.2 Å². The van der Waals surface area contributed by atoms with Gasteiger partial charge < -0.3 is 24.1 Å². The number of hydrogen-bond acceptors (Lipinski definition) is 5. The highest BCUT2D eigenvalue weighted by Gasteiger charge is 2.16. The standard InChI is InChI=1S/C17H18F2N2O5/c1-21(10-12-4-3-7-25-12)15(22)9-20-16(23)11-5-6-13(26-17(18)19)14(8-11)24-2/h3-8,17H,9-10H2,1-2H3,(H,20,23). The molecule has 2 aromatic rings. The Labute approximate surface area is 148 Å². The van der Waals surface area contributed by atoms with Crippen molar-refractivity contribution in [3.05, 3.63) is 47.9 Å². The van der Waals surface area contributed by atoms with Gasteiger partial charge in [-0.05, 0) is 30.3 Å². The quantitative estimate of drug-likeness (QED) is 0.773. The first-order valence-corrected chi connectivity index (χ1v) is 7.58. The van der Waals surface area contributed by atoms with E-state index in [-0.39, 0.29) is 36.1 Å². The fourth-order valence-electron chi connectivity index (χ4n) is 2.12. The van der Waals surface area contributed by atoms with Crippen LogP contribution in [-0.2, 0) is 11.3 Å². The SMILES string of the molecule is COc1cc(C(=O)NCC(=O)N(C)Cc2ccco2)ccc1OC(F)F. The van der Waals surface area contributed by atoms with Crippen LogP contribution in [0.25, 0.3) is 0 Å². The van der Waals surface area contributed by atoms with Crippen LogP contribution < -0.4 is 14.8 Å². The van der Waals surface area contributed by atoms with Gasteiger partial charge in [-0.25, -0.2) is 0 Å². The summed E-state index contributed by atoms with van der Waals surface area (Å²) in [6.07, 6.45) is 1.50. The van der Waals surface area contributed by atoms with E-state index in [0.717, 1.165) is 0 Å². The minimum absolute atomic E-state index is 0.0146. The van der Waals surface area contributed by atoms with Gasteiger partial charge in [0.15, 0.2) is 11.5 Å². The molecule has 1 aromatic heterocycles. The molecule has 0 saturated heterocycles. The van der Waals surface area contributed by atoms with Gasteiger partial charge in [0.2, 0.25) is 5.91 Å². The number of ether oxygens (including phenoxy) is 2. The van der Waals surface area contributed by atoms with Crippen molar-refractivity contribution in [1.82, 2.24) is 10.2 Å². The molecule has 7 nitrogen and oxygen atoms in total. The molecule has 0 unspecified atom stereocenters. The lowest BCUT2D eigenvalue weighted by Crippen LogP contribution is -2.37. The zero-order chi connectivity index (χ0) is 19.1. The summed E-state index contributed by atoms with van der Waals surface area (Å²) in [5, 5.41) is 2.47. The average molecular weight is 368 g/mol. The molecule has 0 aliphatic heterocycles. The summed E-state index contributed by atoms with van der Waals surface area (Å²) >= 11 is 0. The number of benzene rings is 1. The molecule has 1 aromatic carbocycles. The molecule has 0 saturated carbocycles. The molecule has 0 aliphatic rings. The van der Waals surface area contributed by atoms with Gasteiger partial charge in [-0.15, -0.1) is 0 Å². The van der Waals surface area contributed by atoms with Crippen LogP contribution in [-0.4, -0.2) is 44.0 Å². The molecule has 9 heteroatoms. The number of alkyl halides is 2. The third kappa shape index (κ3) is 5.20. The second kappa shape index (κ2) is 8.84. The smallest absolute Gasteiger partial charge is 0.387 e. The van der Waals surface area contributed by atoms with Crippen LogP contribution in [0.4, 0.5) is 8.78 Å². The minimum Gasteiger partial charge on any atom is -0.493 e. The van der Waals surface area contributed by atoms with Crippen LogP contribution in [0.15, 0.2) is 41.0 Å². The van der Waals surface area contributed by atoms with E-state index < -0.39 is 12.5 Å². The second-order valence-corrected chi connectivity index (χ2v) is 5.26. The third-order valence-electron chi connectivity index (χ3n) is 3.44. The van der Waals surface area contributed by atoms with Gasteiger partial charge in [-0.3, -0.25) is 9.59 Å². The summed E-state index contributed by atoms with van der Waals surface area (Å²) in [7, 11) is 2.85. The number of methoxy groups -OCH3 is 1. The fraction of sp³-hybridized carbons (Fsp3) is 0.294. The van der Waals surface area contributed by atoms with Crippen molar-refractivity contribution < 1.29 is 32.3 Å². The molecule has 140 valence electrons. The first kappa shape index (κ1) is 19.2. The van der Waals surface area contributed by atoms with E-state index in [0.29, 0.717) is 5.76 Å². The Morgan fingerprint density at radius 2 is 2.04 bits per heavy atom. The lowest BCUT2D eigenvalue weighted by Gasteiger charge is -2.16. The lowest BCUT2D eigenvalue weighted by molar-refractivity contribution is -0.129. The summed E-state index contributed by atoms with van der Waals surface area (Å²) < 4.78 is 39.0. The van der Waals surface area contributed by atoms with E-state index in [1.54, 1.807) is 19.2 Å². The van der Waals surface area contributed by atoms with E-state index in [9.17, 15) is 18.4 Å². The van der Waals surface area contributed by atoms with Gasteiger partial charge in [-0.1, -0.05) is 0 Å². The van der Waals surface area contributed by atoms with Gasteiger partial charge in [-0.2, -0.15) is 8.78 Å². The van der Waals surface area contributed by atoms with Crippen LogP contribution in [0.2, 0.25) is 0 Å². The highest BCUT2D eigenvalue weighted by Crippen LogP contribution is 2.29. The average Bonchev–Trinajstić information content (AvgIpc) is 3.12. The van der Waals surface area contributed by atoms with Crippen LogP contribution in [0.5, 0.6) is 11.5 Å². The van der Waals surface area contributed by atoms with E-state index in [2.05, 4.69) is 10.1 Å². The Balaban J connectivity index is 1.93. The Kier molecular flexibility index (Phi) is 6.54. The maximum atomic E-state index is 12.3. The van der Waals surface area contributed by atoms with Crippen molar-refractivity contribution in [3.63, 3.8) is 0 Å². The molecular formula is C17H18F2N2O5. The van der Waals surface area contributed by atoms with Gasteiger partial charge in [0, 0.05) is 12.6 Å². The summed E-state index contributed by atoms with van der Waals surface area (Å²) in [5.74, 6) is -0.454. The molecule has 0 spiro atoms. The maximum absolute atomic E-state index is 12.3. The number of likely N-dealkylation sites (N-methyl/N-ethyl adjacent to an activating group) is 1. The van der Waals surface area contributed by atoms with Crippen LogP contribution in [0.1, 0.15) is 16.1 Å². The van der Waals surface area contributed by atoms with Crippen LogP contribution >= 0.6 is 0 Å². The van der Waals surface area contributed by atoms with E-state index >= 15 is 0 Å². The number of carbonyl (C=O) groups is 2. The van der Waals surface area contributed by atoms with Gasteiger partial charge in [0.25, 0.3) is 5.91 Å². The monoisotopic (exact) mass is 368 g/mol. The van der Waals surface area contributed by atoms with Crippen molar-refractivity contribution >= 4 is 11.8 Å². The maximum Gasteiger partial charge on any atom is 0.387 e. The number of hydrogen-bond donors (Lipinski definition) is 1. The molecule has 0 aliphatic carbocycles. The Bertz CT molecular complexity index is 750. The molecule has 2 rings (SSSR count). The van der Waals surface area contributed by atoms with Crippen molar-refractivity contribution in [2.75, 3.05) is 20.7 Å². The Morgan fingerprint density at radius 3 is 2.65 bits per heavy atom. The number of rotatable bonds is 8. The number of nitrogens with one attached hydrogen (secondary N) is 1. The third-order valence-corrected chi connectivity index (χ3v) is 3.44. The van der Waals surface area contributed by atoms with E-state index in [4.69, 9.17) is 9.15 Å². The van der Waals surface area contributed by atoms with Gasteiger partial charge in [0.1, 0.15) is 5.76 Å². The predicted octanol–water partition coefficient (Wildman–Crippen LogP) is 2.28. The van der Waals surface area contributed by atoms with Crippen LogP contribution in [0, 0.1) is 0 Å². The number of nitrogens with zero attached hydrogens (tertiary/aromatic N) is 1. The first-order valence-electron chi connectivity index (χ1n) is 7.58. The largest absolute Gasteiger partial charge is 0.493 e. The first-order chi connectivity index (χ1) is 12.4. The molecule has 0 atom stereocenters. The zero-order valence-electron chi connectivity index (χ0n) is 14.2. The van der Waals surface area contributed by atoms with Crippen molar-refractivity contribution in [1.29, 1.82) is 0 Å². The fourth-order valence-corrected chi connectivity index (χ4v) is 2.12. The topological polar surface area (TPSA) is 81.0 Å². The summed E-state index contributed by atoms with van der Waals surface area (Å²) in [4.78, 5) is 25.6. The molecule has 1 N–H and O–H groups in total. The number of furan rings is 1. The molecule has 0 bridgehead atoms. The number of amides is 2. The molecule has 1 heterocycles. The highest BCUT2D eigenvalue weighted by atomic mass is 19.3. The summed E-state index contributed by atoms with van der Waals surface area (Å²) in [5.41, 5.74) is 0.143. The zero-order valence-corrected chi connectivity index (χ0v) is 14.2. The molecule has 0 radical (unpaired) electrons. The predicted molar refractivity (Wildman–Crippen MR) is 87.1 cm³/mol. The van der Waals surface area contributed by atoms with Crippen molar-refractivity contribution in [3.8, 4) is 11.5 Å². The minimum atomic E-state index is -3.01. The Hall–Kier alpha value is -3.10. The normalized spacial score (nSPS) is 10.5. The van der Waals surface area contributed by atoms with Gasteiger partial charge in [0.05, 0.1) is 26.5 Å².